The van der Waals surface area contributed by atoms with E-state index in [1.807, 2.05) is 25.1 Å². The van der Waals surface area contributed by atoms with Crippen LogP contribution in [0.2, 0.25) is 0 Å². The highest BCUT2D eigenvalue weighted by Gasteiger charge is 2.13. The zero-order valence-electron chi connectivity index (χ0n) is 13.1. The van der Waals surface area contributed by atoms with Crippen molar-refractivity contribution in [1.82, 2.24) is 25.0 Å². The quantitative estimate of drug-likeness (QED) is 0.537. The van der Waals surface area contributed by atoms with Crippen molar-refractivity contribution in [3.8, 4) is 5.69 Å². The van der Waals surface area contributed by atoms with E-state index in [0.717, 1.165) is 15.0 Å². The second kappa shape index (κ2) is 6.34. The topological polar surface area (TPSA) is 96.4 Å². The zero-order valence-corrected chi connectivity index (χ0v) is 14.8. The van der Waals surface area contributed by atoms with E-state index in [0.29, 0.717) is 17.1 Å². The molecule has 4 rings (SSSR count). The van der Waals surface area contributed by atoms with E-state index in [1.54, 1.807) is 12.1 Å². The van der Waals surface area contributed by atoms with Crippen LogP contribution in [0.25, 0.3) is 16.7 Å². The van der Waals surface area contributed by atoms with E-state index in [9.17, 15) is 9.59 Å². The normalized spacial score (nSPS) is 11.2. The summed E-state index contributed by atoms with van der Waals surface area (Å²) in [6.07, 6.45) is 0. The molecule has 9 heteroatoms. The number of nitrogens with zero attached hydrogens (tertiary/aromatic N) is 3. The average molecular weight is 371 g/mol. The fourth-order valence-corrected chi connectivity index (χ4v) is 4.22. The molecular weight excluding hydrogens is 358 g/mol. The first-order chi connectivity index (χ1) is 12.1. The number of thioether (sulfide) groups is 1. The van der Waals surface area contributed by atoms with Gasteiger partial charge in [-0.05, 0) is 19.1 Å². The van der Waals surface area contributed by atoms with Crippen molar-refractivity contribution < 1.29 is 0 Å². The molecule has 0 spiro atoms. The highest BCUT2D eigenvalue weighted by molar-refractivity contribution is 8.00. The van der Waals surface area contributed by atoms with Crippen LogP contribution in [-0.2, 0) is 5.75 Å². The third-order valence-electron chi connectivity index (χ3n) is 3.60. The summed E-state index contributed by atoms with van der Waals surface area (Å²) < 4.78 is 2.21. The minimum atomic E-state index is -0.360. The SMILES string of the molecule is Cc1nnc(SCc2cc(=O)c3c(=O)n(-c4ccccc4)[nH]c3[nH]2)s1. The number of benzene rings is 1. The molecule has 0 radical (unpaired) electrons. The first kappa shape index (κ1) is 15.9. The fourth-order valence-electron chi connectivity index (χ4n) is 2.50. The van der Waals surface area contributed by atoms with Crippen LogP contribution < -0.4 is 11.0 Å². The molecule has 4 aromatic rings. The Morgan fingerprint density at radius 1 is 1.20 bits per heavy atom. The number of aromatic nitrogens is 5. The molecule has 0 saturated heterocycles. The van der Waals surface area contributed by atoms with Crippen LogP contribution in [0.5, 0.6) is 0 Å². The number of para-hydroxylation sites is 1. The lowest BCUT2D eigenvalue weighted by molar-refractivity contribution is 0.857. The Morgan fingerprint density at radius 3 is 2.72 bits per heavy atom. The monoisotopic (exact) mass is 371 g/mol. The van der Waals surface area contributed by atoms with E-state index in [1.165, 1.54) is 33.8 Å². The summed E-state index contributed by atoms with van der Waals surface area (Å²) in [6, 6.07) is 10.6. The van der Waals surface area contributed by atoms with Crippen LogP contribution in [0.4, 0.5) is 0 Å². The first-order valence-electron chi connectivity index (χ1n) is 7.47. The number of H-pyrrole nitrogens is 2. The number of aryl methyl sites for hydroxylation is 1. The predicted molar refractivity (Wildman–Crippen MR) is 98.7 cm³/mol. The van der Waals surface area contributed by atoms with Crippen molar-refractivity contribution in [2.24, 2.45) is 0 Å². The number of fused-ring (bicyclic) bond motifs is 1. The molecule has 0 amide bonds. The Hall–Kier alpha value is -2.65. The molecule has 0 aliphatic carbocycles. The van der Waals surface area contributed by atoms with Gasteiger partial charge in [0.05, 0.1) is 5.69 Å². The van der Waals surface area contributed by atoms with Gasteiger partial charge in [-0.15, -0.1) is 10.2 Å². The minimum Gasteiger partial charge on any atom is -0.343 e. The largest absolute Gasteiger partial charge is 0.343 e. The molecule has 0 unspecified atom stereocenters. The molecule has 126 valence electrons. The van der Waals surface area contributed by atoms with Gasteiger partial charge in [-0.1, -0.05) is 41.3 Å². The third-order valence-corrected chi connectivity index (χ3v) is 5.62. The number of aromatic amines is 2. The lowest BCUT2D eigenvalue weighted by Crippen LogP contribution is -2.18. The molecule has 0 bridgehead atoms. The van der Waals surface area contributed by atoms with Crippen LogP contribution in [0.15, 0.2) is 50.3 Å². The fraction of sp³-hybridized carbons (Fsp3) is 0.125. The van der Waals surface area contributed by atoms with Gasteiger partial charge in [0.15, 0.2) is 9.77 Å². The van der Waals surface area contributed by atoms with Gasteiger partial charge in [0.2, 0.25) is 0 Å². The molecule has 1 aromatic carbocycles. The smallest absolute Gasteiger partial charge is 0.284 e. The second-order valence-corrected chi connectivity index (χ2v) is 7.78. The summed E-state index contributed by atoms with van der Waals surface area (Å²) >= 11 is 3.00. The summed E-state index contributed by atoms with van der Waals surface area (Å²) in [4.78, 5) is 28.1. The average Bonchev–Trinajstić information content (AvgIpc) is 3.17. The van der Waals surface area contributed by atoms with Gasteiger partial charge in [-0.3, -0.25) is 14.7 Å². The molecule has 0 aliphatic heterocycles. The van der Waals surface area contributed by atoms with Crippen molar-refractivity contribution in [3.63, 3.8) is 0 Å². The molecule has 0 atom stereocenters. The number of pyridine rings is 1. The molecule has 0 aliphatic rings. The Morgan fingerprint density at radius 2 is 2.00 bits per heavy atom. The predicted octanol–water partition coefficient (Wildman–Crippen LogP) is 2.46. The van der Waals surface area contributed by atoms with Crippen LogP contribution in [-0.4, -0.2) is 25.0 Å². The molecule has 3 aromatic heterocycles. The molecule has 0 fully saturated rings. The minimum absolute atomic E-state index is 0.129. The molecule has 0 saturated carbocycles. The maximum absolute atomic E-state index is 12.5. The van der Waals surface area contributed by atoms with Crippen LogP contribution in [0.3, 0.4) is 0 Å². The number of hydrogen-bond acceptors (Lipinski definition) is 6. The van der Waals surface area contributed by atoms with E-state index < -0.39 is 0 Å². The van der Waals surface area contributed by atoms with Gasteiger partial charge in [0.1, 0.15) is 16.0 Å². The van der Waals surface area contributed by atoms with Crippen molar-refractivity contribution in [2.45, 2.75) is 17.0 Å². The van der Waals surface area contributed by atoms with Crippen molar-refractivity contribution in [1.29, 1.82) is 0 Å². The van der Waals surface area contributed by atoms with Crippen LogP contribution in [0.1, 0.15) is 10.7 Å². The Balaban J connectivity index is 1.72. The van der Waals surface area contributed by atoms with E-state index in [4.69, 9.17) is 0 Å². The highest BCUT2D eigenvalue weighted by atomic mass is 32.2. The Labute approximate surface area is 149 Å². The van der Waals surface area contributed by atoms with Crippen molar-refractivity contribution in [3.05, 3.63) is 67.7 Å². The molecular formula is C16H13N5O2S2. The number of hydrogen-bond donors (Lipinski definition) is 2. The summed E-state index contributed by atoms with van der Waals surface area (Å²) in [7, 11) is 0. The van der Waals surface area contributed by atoms with Gasteiger partial charge < -0.3 is 4.98 Å². The lowest BCUT2D eigenvalue weighted by Gasteiger charge is -2.00. The maximum atomic E-state index is 12.5. The van der Waals surface area contributed by atoms with Gasteiger partial charge in [0, 0.05) is 17.5 Å². The Kier molecular flexibility index (Phi) is 4.02. The van der Waals surface area contributed by atoms with E-state index in [-0.39, 0.29) is 16.4 Å². The van der Waals surface area contributed by atoms with Gasteiger partial charge >= 0.3 is 0 Å². The first-order valence-corrected chi connectivity index (χ1v) is 9.27. The molecule has 2 N–H and O–H groups in total. The second-order valence-electron chi connectivity index (χ2n) is 5.37. The van der Waals surface area contributed by atoms with Crippen molar-refractivity contribution in [2.75, 3.05) is 0 Å². The zero-order chi connectivity index (χ0) is 17.4. The molecule has 25 heavy (non-hydrogen) atoms. The van der Waals surface area contributed by atoms with Crippen LogP contribution >= 0.6 is 23.1 Å². The summed E-state index contributed by atoms with van der Waals surface area (Å²) in [5.74, 6) is 0.540. The van der Waals surface area contributed by atoms with E-state index in [2.05, 4.69) is 20.3 Å². The summed E-state index contributed by atoms with van der Waals surface area (Å²) in [5, 5.41) is 12.0. The Bertz CT molecular complexity index is 1160. The summed E-state index contributed by atoms with van der Waals surface area (Å²) in [5.41, 5.74) is 1.16. The third kappa shape index (κ3) is 3.03. The number of rotatable bonds is 4. The highest BCUT2D eigenvalue weighted by Crippen LogP contribution is 2.24. The van der Waals surface area contributed by atoms with Crippen LogP contribution in [0, 0.1) is 6.92 Å². The standard InChI is InChI=1S/C16H13N5O2S2/c1-9-18-19-16(25-9)24-8-10-7-12(22)13-14(17-10)20-21(15(13)23)11-5-3-2-4-6-11/h2-7H,8H2,1H3,(H2,17,20,22). The molecule has 3 heterocycles. The van der Waals surface area contributed by atoms with Gasteiger partial charge in [0.25, 0.3) is 5.56 Å². The van der Waals surface area contributed by atoms with E-state index >= 15 is 0 Å². The lowest BCUT2D eigenvalue weighted by atomic mass is 10.3. The van der Waals surface area contributed by atoms with Gasteiger partial charge in [-0.2, -0.15) is 0 Å². The van der Waals surface area contributed by atoms with Crippen molar-refractivity contribution >= 4 is 34.1 Å². The molecule has 7 nitrogen and oxygen atoms in total. The maximum Gasteiger partial charge on any atom is 0.284 e. The summed E-state index contributed by atoms with van der Waals surface area (Å²) in [6.45, 7) is 1.90. The van der Waals surface area contributed by atoms with Gasteiger partial charge in [-0.25, -0.2) is 4.68 Å². The number of nitrogens with one attached hydrogen (secondary N) is 2.